The molecule has 0 saturated carbocycles. The molecule has 0 atom stereocenters. The third-order valence-corrected chi connectivity index (χ3v) is 5.57. The summed E-state index contributed by atoms with van der Waals surface area (Å²) in [4.78, 5) is 67.6. The second-order valence-corrected chi connectivity index (χ2v) is 7.46. The molecule has 4 amide bonds. The average molecular weight is 433 g/mol. The summed E-state index contributed by atoms with van der Waals surface area (Å²) >= 11 is 0. The fraction of sp³-hybridized carbons (Fsp3) is 0.190. The molecule has 1 N–H and O–H groups in total. The van der Waals surface area contributed by atoms with Crippen molar-refractivity contribution in [3.05, 3.63) is 81.2 Å². The lowest BCUT2D eigenvalue weighted by Crippen LogP contribution is -2.54. The van der Waals surface area contributed by atoms with Crippen LogP contribution in [0.3, 0.4) is 0 Å². The van der Waals surface area contributed by atoms with E-state index in [1.807, 2.05) is 0 Å². The highest BCUT2D eigenvalue weighted by molar-refractivity contribution is 6.22. The summed E-state index contributed by atoms with van der Waals surface area (Å²) in [5.41, 5.74) is 7.14. The minimum absolute atomic E-state index is 0.112. The number of hydrogen-bond acceptors (Lipinski definition) is 6. The summed E-state index contributed by atoms with van der Waals surface area (Å²) in [6.45, 7) is -2.08. The van der Waals surface area contributed by atoms with E-state index in [1.165, 1.54) is 24.3 Å². The third-order valence-electron chi connectivity index (χ3n) is 5.57. The number of amides is 4. The maximum Gasteiger partial charge on any atom is 0.313 e. The number of carboxylic acids is 1. The van der Waals surface area contributed by atoms with Crippen LogP contribution in [0.1, 0.15) is 41.4 Å². The van der Waals surface area contributed by atoms with Gasteiger partial charge in [0.05, 0.1) is 22.3 Å². The zero-order chi connectivity index (χ0) is 23.0. The van der Waals surface area contributed by atoms with Crippen LogP contribution in [0.25, 0.3) is 10.4 Å². The number of carboxylic acid groups (broad SMARTS) is 1. The van der Waals surface area contributed by atoms with Gasteiger partial charge in [0, 0.05) is 24.5 Å². The van der Waals surface area contributed by atoms with E-state index >= 15 is 0 Å². The summed E-state index contributed by atoms with van der Waals surface area (Å²) in [7, 11) is 0. The van der Waals surface area contributed by atoms with Gasteiger partial charge in [-0.15, -0.1) is 0 Å². The Morgan fingerprint density at radius 1 is 0.812 bits per heavy atom. The van der Waals surface area contributed by atoms with Gasteiger partial charge < -0.3 is 5.11 Å². The van der Waals surface area contributed by atoms with Crippen LogP contribution in [0.2, 0.25) is 0 Å². The first-order valence-electron chi connectivity index (χ1n) is 9.45. The first-order chi connectivity index (χ1) is 15.3. The zero-order valence-corrected chi connectivity index (χ0v) is 16.5. The number of carbonyl (C=O) groups excluding carboxylic acids is 4. The van der Waals surface area contributed by atoms with E-state index in [-0.39, 0.29) is 22.3 Å². The molecule has 2 aromatic carbocycles. The van der Waals surface area contributed by atoms with Crippen LogP contribution in [0.5, 0.6) is 0 Å². The van der Waals surface area contributed by atoms with Crippen molar-refractivity contribution in [2.24, 2.45) is 10.5 Å². The Hall–Kier alpha value is -4.50. The van der Waals surface area contributed by atoms with E-state index in [9.17, 15) is 29.1 Å². The number of carbonyl (C=O) groups is 5. The second-order valence-electron chi connectivity index (χ2n) is 7.46. The van der Waals surface area contributed by atoms with E-state index in [4.69, 9.17) is 5.53 Å². The van der Waals surface area contributed by atoms with Crippen molar-refractivity contribution in [3.63, 3.8) is 0 Å². The Morgan fingerprint density at radius 2 is 1.16 bits per heavy atom. The van der Waals surface area contributed by atoms with Crippen molar-refractivity contribution < 1.29 is 29.1 Å². The maximum atomic E-state index is 12.8. The van der Waals surface area contributed by atoms with Gasteiger partial charge in [-0.25, -0.2) is 0 Å². The van der Waals surface area contributed by atoms with E-state index < -0.39 is 54.6 Å². The number of aliphatic carboxylic acids is 1. The van der Waals surface area contributed by atoms with Crippen molar-refractivity contribution in [2.75, 3.05) is 19.6 Å². The molecule has 0 saturated heterocycles. The highest BCUT2D eigenvalue weighted by Gasteiger charge is 2.50. The summed E-state index contributed by atoms with van der Waals surface area (Å²) in [5, 5.41) is 13.4. The molecule has 0 radical (unpaired) electrons. The van der Waals surface area contributed by atoms with Gasteiger partial charge in [0.1, 0.15) is 5.41 Å². The fourth-order valence-corrected chi connectivity index (χ4v) is 3.89. The fourth-order valence-electron chi connectivity index (χ4n) is 3.89. The molecule has 11 nitrogen and oxygen atoms in total. The second kappa shape index (κ2) is 7.64. The molecular weight excluding hydrogens is 418 g/mol. The third kappa shape index (κ3) is 3.08. The molecule has 2 heterocycles. The molecule has 2 aromatic rings. The standard InChI is InChI=1S/C21H15N5O6/c22-24-23-9-21(20(31)32,10-25-16(27)12-5-1-2-6-13(12)17(25)28)11-26-18(29)14-7-3-4-8-15(14)19(26)30/h1-8H,9-11H2,(H,31,32). The van der Waals surface area contributed by atoms with Gasteiger partial charge in [-0.1, -0.05) is 29.4 Å². The minimum Gasteiger partial charge on any atom is -0.481 e. The number of fused-ring (bicyclic) bond motifs is 2. The highest BCUT2D eigenvalue weighted by Crippen LogP contribution is 2.32. The van der Waals surface area contributed by atoms with E-state index in [0.29, 0.717) is 0 Å². The quantitative estimate of drug-likeness (QED) is 0.304. The number of azide groups is 1. The Labute approximate surface area is 180 Å². The molecule has 11 heteroatoms. The Balaban J connectivity index is 1.72. The molecule has 0 fully saturated rings. The molecule has 160 valence electrons. The highest BCUT2D eigenvalue weighted by atomic mass is 16.4. The number of rotatable bonds is 7. The normalized spacial score (nSPS) is 15.0. The number of imide groups is 2. The lowest BCUT2D eigenvalue weighted by molar-refractivity contribution is -0.149. The van der Waals surface area contributed by atoms with Crippen LogP contribution >= 0.6 is 0 Å². The molecule has 2 aliphatic heterocycles. The largest absolute Gasteiger partial charge is 0.481 e. The van der Waals surface area contributed by atoms with Crippen molar-refractivity contribution in [1.82, 2.24) is 9.80 Å². The molecule has 0 unspecified atom stereocenters. The molecule has 0 aromatic heterocycles. The monoisotopic (exact) mass is 433 g/mol. The number of hydrogen-bond donors (Lipinski definition) is 1. The number of nitrogens with zero attached hydrogens (tertiary/aromatic N) is 5. The Kier molecular flexibility index (Phi) is 4.95. The molecule has 32 heavy (non-hydrogen) atoms. The van der Waals surface area contributed by atoms with Gasteiger partial charge in [0.2, 0.25) is 0 Å². The number of benzene rings is 2. The lowest BCUT2D eigenvalue weighted by atomic mass is 9.86. The Bertz CT molecular complexity index is 1100. The first kappa shape index (κ1) is 20.8. The van der Waals surface area contributed by atoms with Crippen molar-refractivity contribution in [2.45, 2.75) is 0 Å². The van der Waals surface area contributed by atoms with Gasteiger partial charge >= 0.3 is 5.97 Å². The van der Waals surface area contributed by atoms with Gasteiger partial charge in [0.25, 0.3) is 23.6 Å². The van der Waals surface area contributed by atoms with Crippen LogP contribution in [0, 0.1) is 5.41 Å². The molecule has 0 aliphatic carbocycles. The van der Waals surface area contributed by atoms with E-state index in [1.54, 1.807) is 24.3 Å². The predicted octanol–water partition coefficient (Wildman–Crippen LogP) is 1.96. The van der Waals surface area contributed by atoms with Crippen LogP contribution in [0.15, 0.2) is 53.6 Å². The molecular formula is C21H15N5O6. The summed E-state index contributed by atoms with van der Waals surface area (Å²) in [6.07, 6.45) is 0. The van der Waals surface area contributed by atoms with E-state index in [0.717, 1.165) is 9.80 Å². The van der Waals surface area contributed by atoms with Crippen molar-refractivity contribution in [3.8, 4) is 0 Å². The van der Waals surface area contributed by atoms with Crippen LogP contribution in [0.4, 0.5) is 0 Å². The summed E-state index contributed by atoms with van der Waals surface area (Å²) < 4.78 is 0. The van der Waals surface area contributed by atoms with Crippen LogP contribution in [-0.2, 0) is 4.79 Å². The molecule has 2 aliphatic rings. The van der Waals surface area contributed by atoms with Crippen molar-refractivity contribution in [1.29, 1.82) is 0 Å². The van der Waals surface area contributed by atoms with Crippen LogP contribution in [-0.4, -0.2) is 64.1 Å². The molecule has 4 rings (SSSR count). The zero-order valence-electron chi connectivity index (χ0n) is 16.5. The SMILES string of the molecule is [N-]=[N+]=NCC(CN1C(=O)c2ccccc2C1=O)(CN1C(=O)c2ccccc2C1=O)C(=O)O. The first-order valence-corrected chi connectivity index (χ1v) is 9.45. The topological polar surface area (TPSA) is 161 Å². The average Bonchev–Trinajstić information content (AvgIpc) is 3.18. The van der Waals surface area contributed by atoms with Gasteiger partial charge in [-0.3, -0.25) is 33.8 Å². The predicted molar refractivity (Wildman–Crippen MR) is 108 cm³/mol. The van der Waals surface area contributed by atoms with E-state index in [2.05, 4.69) is 10.0 Å². The van der Waals surface area contributed by atoms with Gasteiger partial charge in [-0.2, -0.15) is 0 Å². The lowest BCUT2D eigenvalue weighted by Gasteiger charge is -2.34. The van der Waals surface area contributed by atoms with Gasteiger partial charge in [0.15, 0.2) is 0 Å². The molecule has 0 bridgehead atoms. The van der Waals surface area contributed by atoms with Crippen molar-refractivity contribution >= 4 is 29.6 Å². The van der Waals surface area contributed by atoms with Gasteiger partial charge in [-0.05, 0) is 29.8 Å². The maximum absolute atomic E-state index is 12.8. The Morgan fingerprint density at radius 3 is 1.44 bits per heavy atom. The minimum atomic E-state index is -2.10. The van der Waals surface area contributed by atoms with Crippen LogP contribution < -0.4 is 0 Å². The summed E-state index contributed by atoms with van der Waals surface area (Å²) in [6, 6.07) is 12.0. The molecule has 0 spiro atoms. The smallest absolute Gasteiger partial charge is 0.313 e. The summed E-state index contributed by atoms with van der Waals surface area (Å²) in [5.74, 6) is -4.36.